The van der Waals surface area contributed by atoms with E-state index < -0.39 is 0 Å². The number of carbonyl (C=O) groups excluding carboxylic acids is 1. The number of fused-ring (bicyclic) bond motifs is 1. The maximum atomic E-state index is 12.4. The number of para-hydroxylation sites is 2. The number of nitrogens with zero attached hydrogens (tertiary/aromatic N) is 2. The molecule has 1 heterocycles. The van der Waals surface area contributed by atoms with Crippen molar-refractivity contribution >= 4 is 23.2 Å². The van der Waals surface area contributed by atoms with E-state index in [2.05, 4.69) is 30.9 Å². The molecular formula is C23H26N2O2. The minimum atomic E-state index is -0.0934. The molecule has 4 nitrogen and oxygen atoms in total. The molecular weight excluding hydrogens is 336 g/mol. The largest absolute Gasteiger partial charge is 0.438 e. The van der Waals surface area contributed by atoms with Gasteiger partial charge in [-0.1, -0.05) is 30.3 Å². The average Bonchev–Trinajstić information content (AvgIpc) is 3.05. The fourth-order valence-corrected chi connectivity index (χ4v) is 3.22. The van der Waals surface area contributed by atoms with E-state index in [9.17, 15) is 4.79 Å². The van der Waals surface area contributed by atoms with Crippen LogP contribution in [-0.2, 0) is 4.79 Å². The molecule has 0 atom stereocenters. The van der Waals surface area contributed by atoms with Gasteiger partial charge < -0.3 is 14.5 Å². The summed E-state index contributed by atoms with van der Waals surface area (Å²) in [6, 6.07) is 16.1. The second kappa shape index (κ2) is 8.58. The maximum absolute atomic E-state index is 12.4. The maximum Gasteiger partial charge on any atom is 0.204 e. The van der Waals surface area contributed by atoms with Crippen LogP contribution >= 0.6 is 0 Å². The molecule has 1 aliphatic heterocycles. The van der Waals surface area contributed by atoms with Crippen LogP contribution in [0.5, 0.6) is 5.75 Å². The standard InChI is InChI=1S/C23H26N2O2/c1-4-24(5-2)19-14-11-18(12-15-19)13-16-20(26)17-23-25(6-3)21-9-7-8-10-22(21)27-23/h7-17H,4-6H2,1-3H3/b16-13+,23-17?. The molecule has 0 saturated carbocycles. The number of ketones is 1. The zero-order valence-corrected chi connectivity index (χ0v) is 16.2. The lowest BCUT2D eigenvalue weighted by Gasteiger charge is -2.20. The van der Waals surface area contributed by atoms with E-state index >= 15 is 0 Å². The van der Waals surface area contributed by atoms with Crippen LogP contribution in [0.1, 0.15) is 26.3 Å². The fraction of sp³-hybridized carbons (Fsp3) is 0.261. The third-order valence-corrected chi connectivity index (χ3v) is 4.68. The monoisotopic (exact) mass is 362 g/mol. The first-order chi connectivity index (χ1) is 13.2. The number of ether oxygens (including phenoxy) is 1. The predicted octanol–water partition coefficient (Wildman–Crippen LogP) is 4.88. The smallest absolute Gasteiger partial charge is 0.204 e. The van der Waals surface area contributed by atoms with E-state index in [0.29, 0.717) is 5.88 Å². The molecule has 0 radical (unpaired) electrons. The molecule has 2 aromatic rings. The lowest BCUT2D eigenvalue weighted by atomic mass is 10.1. The van der Waals surface area contributed by atoms with Crippen molar-refractivity contribution in [2.45, 2.75) is 20.8 Å². The summed E-state index contributed by atoms with van der Waals surface area (Å²) in [6.45, 7) is 9.03. The van der Waals surface area contributed by atoms with Crippen LogP contribution in [0.25, 0.3) is 6.08 Å². The Bertz CT molecular complexity index is 849. The Hall–Kier alpha value is -3.01. The van der Waals surface area contributed by atoms with Crippen LogP contribution in [0.4, 0.5) is 11.4 Å². The van der Waals surface area contributed by atoms with Gasteiger partial charge in [0.05, 0.1) is 5.69 Å². The van der Waals surface area contributed by atoms with Crippen LogP contribution in [0, 0.1) is 0 Å². The highest BCUT2D eigenvalue weighted by atomic mass is 16.5. The summed E-state index contributed by atoms with van der Waals surface area (Å²) in [4.78, 5) is 16.7. The van der Waals surface area contributed by atoms with Crippen molar-refractivity contribution in [2.24, 2.45) is 0 Å². The molecule has 0 fully saturated rings. The van der Waals surface area contributed by atoms with Crippen molar-refractivity contribution in [2.75, 3.05) is 29.4 Å². The second-order valence-electron chi connectivity index (χ2n) is 6.30. The first-order valence-corrected chi connectivity index (χ1v) is 9.49. The molecule has 0 amide bonds. The zero-order valence-electron chi connectivity index (χ0n) is 16.2. The van der Waals surface area contributed by atoms with E-state index in [1.165, 1.54) is 5.69 Å². The highest BCUT2D eigenvalue weighted by Gasteiger charge is 2.24. The van der Waals surface area contributed by atoms with Gasteiger partial charge in [-0.15, -0.1) is 0 Å². The summed E-state index contributed by atoms with van der Waals surface area (Å²) in [5.41, 5.74) is 3.19. The van der Waals surface area contributed by atoms with Gasteiger partial charge in [0.1, 0.15) is 0 Å². The van der Waals surface area contributed by atoms with Crippen molar-refractivity contribution in [3.63, 3.8) is 0 Å². The summed E-state index contributed by atoms with van der Waals surface area (Å²) in [7, 11) is 0. The van der Waals surface area contributed by atoms with Crippen LogP contribution in [-0.4, -0.2) is 25.4 Å². The Labute approximate surface area is 161 Å². The molecule has 0 spiro atoms. The second-order valence-corrected chi connectivity index (χ2v) is 6.30. The molecule has 0 bridgehead atoms. The Balaban J connectivity index is 1.70. The van der Waals surface area contributed by atoms with Gasteiger partial charge in [0, 0.05) is 31.4 Å². The quantitative estimate of drug-likeness (QED) is 0.658. The lowest BCUT2D eigenvalue weighted by molar-refractivity contribution is -0.110. The first-order valence-electron chi connectivity index (χ1n) is 9.49. The summed E-state index contributed by atoms with van der Waals surface area (Å²) in [5.74, 6) is 1.27. The third kappa shape index (κ3) is 4.22. The van der Waals surface area contributed by atoms with E-state index in [4.69, 9.17) is 4.74 Å². The van der Waals surface area contributed by atoms with E-state index in [-0.39, 0.29) is 5.78 Å². The zero-order chi connectivity index (χ0) is 19.2. The van der Waals surface area contributed by atoms with Gasteiger partial charge in [0.2, 0.25) is 5.88 Å². The summed E-state index contributed by atoms with van der Waals surface area (Å²) in [6.07, 6.45) is 4.97. The highest BCUT2D eigenvalue weighted by molar-refractivity contribution is 6.02. The molecule has 3 rings (SSSR count). The SMILES string of the molecule is CCN(CC)c1ccc(/C=C/C(=O)C=C2Oc3ccccc3N2CC)cc1. The normalized spacial score (nSPS) is 14.5. The molecule has 140 valence electrons. The minimum Gasteiger partial charge on any atom is -0.438 e. The number of benzene rings is 2. The Morgan fingerprint density at radius 1 is 1.04 bits per heavy atom. The van der Waals surface area contributed by atoms with E-state index in [0.717, 1.165) is 36.6 Å². The highest BCUT2D eigenvalue weighted by Crippen LogP contribution is 2.38. The van der Waals surface area contributed by atoms with Crippen LogP contribution in [0.15, 0.2) is 66.6 Å². The molecule has 2 aromatic carbocycles. The van der Waals surface area contributed by atoms with Crippen LogP contribution in [0.3, 0.4) is 0 Å². The topological polar surface area (TPSA) is 32.8 Å². The minimum absolute atomic E-state index is 0.0934. The number of hydrogen-bond donors (Lipinski definition) is 0. The molecule has 0 saturated heterocycles. The van der Waals surface area contributed by atoms with Crippen molar-refractivity contribution in [3.8, 4) is 5.75 Å². The van der Waals surface area contributed by atoms with Gasteiger partial charge in [0.25, 0.3) is 0 Å². The summed E-state index contributed by atoms with van der Waals surface area (Å²) < 4.78 is 5.83. The van der Waals surface area contributed by atoms with Crippen LogP contribution < -0.4 is 14.5 Å². The Morgan fingerprint density at radius 2 is 1.74 bits per heavy atom. The first kappa shape index (κ1) is 18.8. The van der Waals surface area contributed by atoms with Gasteiger partial charge >= 0.3 is 0 Å². The number of anilines is 2. The van der Waals surface area contributed by atoms with Gasteiger partial charge in [-0.3, -0.25) is 4.79 Å². The Kier molecular flexibility index (Phi) is 5.97. The van der Waals surface area contributed by atoms with Crippen molar-refractivity contribution in [1.82, 2.24) is 0 Å². The number of hydrogen-bond acceptors (Lipinski definition) is 4. The molecule has 0 aromatic heterocycles. The number of carbonyl (C=O) groups is 1. The van der Waals surface area contributed by atoms with Crippen molar-refractivity contribution < 1.29 is 9.53 Å². The fourth-order valence-electron chi connectivity index (χ4n) is 3.22. The van der Waals surface area contributed by atoms with Gasteiger partial charge in [-0.05, 0) is 56.7 Å². The molecule has 4 heteroatoms. The van der Waals surface area contributed by atoms with E-state index in [1.54, 1.807) is 12.2 Å². The third-order valence-electron chi connectivity index (χ3n) is 4.68. The van der Waals surface area contributed by atoms with Crippen LogP contribution in [0.2, 0.25) is 0 Å². The Morgan fingerprint density at radius 3 is 2.41 bits per heavy atom. The van der Waals surface area contributed by atoms with Crippen molar-refractivity contribution in [1.29, 1.82) is 0 Å². The van der Waals surface area contributed by atoms with E-state index in [1.807, 2.05) is 54.3 Å². The molecule has 0 N–H and O–H groups in total. The van der Waals surface area contributed by atoms with Gasteiger partial charge in [-0.25, -0.2) is 0 Å². The van der Waals surface area contributed by atoms with Gasteiger partial charge in [-0.2, -0.15) is 0 Å². The molecule has 1 aliphatic rings. The number of allylic oxidation sites excluding steroid dienone is 2. The molecule has 0 unspecified atom stereocenters. The van der Waals surface area contributed by atoms with Crippen molar-refractivity contribution in [3.05, 3.63) is 72.1 Å². The lowest BCUT2D eigenvalue weighted by Crippen LogP contribution is -2.21. The summed E-state index contributed by atoms with van der Waals surface area (Å²) in [5, 5.41) is 0. The predicted molar refractivity (Wildman–Crippen MR) is 112 cm³/mol. The number of rotatable bonds is 7. The molecule has 27 heavy (non-hydrogen) atoms. The molecule has 0 aliphatic carbocycles. The average molecular weight is 362 g/mol. The van der Waals surface area contributed by atoms with Gasteiger partial charge in [0.15, 0.2) is 11.5 Å². The summed E-state index contributed by atoms with van der Waals surface area (Å²) >= 11 is 0.